The molecule has 0 aliphatic carbocycles. The Morgan fingerprint density at radius 1 is 1.04 bits per heavy atom. The molecule has 0 fully saturated rings. The zero-order chi connectivity index (χ0) is 18.7. The maximum absolute atomic E-state index is 13.0. The monoisotopic (exact) mass is 378 g/mol. The van der Waals surface area contributed by atoms with Crippen molar-refractivity contribution in [2.45, 2.75) is 10.6 Å². The maximum atomic E-state index is 13.0. The molecular formula is C17H15FN2O5S. The van der Waals surface area contributed by atoms with Gasteiger partial charge in [0.15, 0.2) is 27.2 Å². The lowest BCUT2D eigenvalue weighted by atomic mass is 10.2. The summed E-state index contributed by atoms with van der Waals surface area (Å²) in [6, 6.07) is 9.56. The predicted molar refractivity (Wildman–Crippen MR) is 90.1 cm³/mol. The Hall–Kier alpha value is -2.94. The summed E-state index contributed by atoms with van der Waals surface area (Å²) in [5.74, 6) is 0.183. The van der Waals surface area contributed by atoms with Gasteiger partial charge in [0.2, 0.25) is 0 Å². The molecule has 1 aromatic heterocycles. The fourth-order valence-electron chi connectivity index (χ4n) is 2.29. The van der Waals surface area contributed by atoms with E-state index in [1.54, 1.807) is 18.2 Å². The van der Waals surface area contributed by atoms with Crippen LogP contribution in [-0.4, -0.2) is 32.8 Å². The predicted octanol–water partition coefficient (Wildman–Crippen LogP) is 2.87. The van der Waals surface area contributed by atoms with Crippen LogP contribution in [-0.2, 0) is 15.6 Å². The molecule has 7 nitrogen and oxygen atoms in total. The highest BCUT2D eigenvalue weighted by molar-refractivity contribution is 7.90. The summed E-state index contributed by atoms with van der Waals surface area (Å²) >= 11 is 0. The van der Waals surface area contributed by atoms with Gasteiger partial charge in [-0.1, -0.05) is 5.16 Å². The number of nitrogens with zero attached hydrogens (tertiary/aromatic N) is 2. The summed E-state index contributed by atoms with van der Waals surface area (Å²) < 4.78 is 53.2. The molecule has 0 saturated carbocycles. The SMILES string of the molecule is COc1ccc(-c2nc(CS(=O)(=O)c3ccc(F)cc3)no2)cc1OC. The molecule has 1 heterocycles. The van der Waals surface area contributed by atoms with Crippen LogP contribution in [0.4, 0.5) is 4.39 Å². The van der Waals surface area contributed by atoms with Crippen molar-refractivity contribution in [3.63, 3.8) is 0 Å². The van der Waals surface area contributed by atoms with E-state index in [0.29, 0.717) is 17.1 Å². The Morgan fingerprint density at radius 3 is 2.38 bits per heavy atom. The highest BCUT2D eigenvalue weighted by Crippen LogP contribution is 2.31. The average molecular weight is 378 g/mol. The van der Waals surface area contributed by atoms with Gasteiger partial charge >= 0.3 is 0 Å². The molecule has 0 saturated heterocycles. The van der Waals surface area contributed by atoms with Crippen LogP contribution in [0.1, 0.15) is 5.82 Å². The van der Waals surface area contributed by atoms with E-state index in [1.165, 1.54) is 26.4 Å². The normalized spacial score (nSPS) is 11.3. The molecule has 0 unspecified atom stereocenters. The van der Waals surface area contributed by atoms with E-state index in [0.717, 1.165) is 12.1 Å². The number of hydrogen-bond donors (Lipinski definition) is 0. The molecule has 3 aromatic rings. The summed E-state index contributed by atoms with van der Waals surface area (Å²) in [5.41, 5.74) is 0.556. The molecule has 0 spiro atoms. The van der Waals surface area contributed by atoms with Crippen molar-refractivity contribution in [2.24, 2.45) is 0 Å². The number of hydrogen-bond acceptors (Lipinski definition) is 7. The molecule has 0 atom stereocenters. The van der Waals surface area contributed by atoms with Gasteiger partial charge in [0.1, 0.15) is 11.6 Å². The average Bonchev–Trinajstić information content (AvgIpc) is 3.09. The van der Waals surface area contributed by atoms with E-state index < -0.39 is 21.4 Å². The third-order valence-electron chi connectivity index (χ3n) is 3.59. The number of ether oxygens (including phenoxy) is 2. The van der Waals surface area contributed by atoms with E-state index >= 15 is 0 Å². The number of rotatable bonds is 6. The minimum Gasteiger partial charge on any atom is -0.493 e. The fraction of sp³-hybridized carbons (Fsp3) is 0.176. The van der Waals surface area contributed by atoms with Crippen LogP contribution in [0, 0.1) is 5.82 Å². The topological polar surface area (TPSA) is 91.5 Å². The van der Waals surface area contributed by atoms with Crippen molar-refractivity contribution in [3.8, 4) is 23.0 Å². The number of methoxy groups -OCH3 is 2. The second-order valence-electron chi connectivity index (χ2n) is 5.30. The Balaban J connectivity index is 1.85. The van der Waals surface area contributed by atoms with Crippen LogP contribution < -0.4 is 9.47 Å². The molecule has 2 aromatic carbocycles. The molecule has 0 N–H and O–H groups in total. The highest BCUT2D eigenvalue weighted by atomic mass is 32.2. The van der Waals surface area contributed by atoms with Crippen LogP contribution in [0.15, 0.2) is 51.9 Å². The van der Waals surface area contributed by atoms with Gasteiger partial charge in [-0.25, -0.2) is 12.8 Å². The third kappa shape index (κ3) is 3.67. The van der Waals surface area contributed by atoms with Crippen molar-refractivity contribution >= 4 is 9.84 Å². The van der Waals surface area contributed by atoms with E-state index in [1.807, 2.05) is 0 Å². The van der Waals surface area contributed by atoms with Crippen molar-refractivity contribution in [3.05, 3.63) is 54.1 Å². The Bertz CT molecular complexity index is 1020. The summed E-state index contributed by atoms with van der Waals surface area (Å²) in [5, 5.41) is 3.71. The first-order chi connectivity index (χ1) is 12.4. The quantitative estimate of drug-likeness (QED) is 0.609. The van der Waals surface area contributed by atoms with Gasteiger partial charge in [-0.05, 0) is 42.5 Å². The van der Waals surface area contributed by atoms with E-state index in [9.17, 15) is 12.8 Å². The second kappa shape index (κ2) is 7.12. The number of sulfone groups is 1. The van der Waals surface area contributed by atoms with Crippen molar-refractivity contribution < 1.29 is 26.8 Å². The zero-order valence-corrected chi connectivity index (χ0v) is 14.8. The molecule has 0 aliphatic rings. The molecule has 0 bridgehead atoms. The molecule has 0 aliphatic heterocycles. The third-order valence-corrected chi connectivity index (χ3v) is 5.22. The number of aromatic nitrogens is 2. The molecular weight excluding hydrogens is 363 g/mol. The first-order valence-corrected chi connectivity index (χ1v) is 9.11. The fourth-order valence-corrected chi connectivity index (χ4v) is 3.47. The van der Waals surface area contributed by atoms with E-state index in [2.05, 4.69) is 10.1 Å². The minimum atomic E-state index is -3.72. The van der Waals surface area contributed by atoms with Crippen LogP contribution >= 0.6 is 0 Å². The highest BCUT2D eigenvalue weighted by Gasteiger charge is 2.20. The Morgan fingerprint density at radius 2 is 1.73 bits per heavy atom. The first kappa shape index (κ1) is 17.9. The van der Waals surface area contributed by atoms with E-state index in [-0.39, 0.29) is 16.6 Å². The number of halogens is 1. The second-order valence-corrected chi connectivity index (χ2v) is 7.29. The standard InChI is InChI=1S/C17H15FN2O5S/c1-23-14-8-3-11(9-15(14)24-2)17-19-16(20-25-17)10-26(21,22)13-6-4-12(18)5-7-13/h3-9H,10H2,1-2H3. The van der Waals surface area contributed by atoms with Gasteiger partial charge in [0.05, 0.1) is 19.1 Å². The van der Waals surface area contributed by atoms with Crippen LogP contribution in [0.5, 0.6) is 11.5 Å². The summed E-state index contributed by atoms with van der Waals surface area (Å²) in [6.07, 6.45) is 0. The van der Waals surface area contributed by atoms with Crippen molar-refractivity contribution in [1.82, 2.24) is 10.1 Å². The van der Waals surface area contributed by atoms with Gasteiger partial charge < -0.3 is 14.0 Å². The molecule has 9 heteroatoms. The van der Waals surface area contributed by atoms with Crippen LogP contribution in [0.25, 0.3) is 11.5 Å². The first-order valence-electron chi connectivity index (χ1n) is 7.46. The van der Waals surface area contributed by atoms with Crippen molar-refractivity contribution in [2.75, 3.05) is 14.2 Å². The van der Waals surface area contributed by atoms with Crippen molar-refractivity contribution in [1.29, 1.82) is 0 Å². The lowest BCUT2D eigenvalue weighted by molar-refractivity contribution is 0.355. The molecule has 0 radical (unpaired) electrons. The van der Waals surface area contributed by atoms with Gasteiger partial charge in [0.25, 0.3) is 5.89 Å². The zero-order valence-electron chi connectivity index (χ0n) is 14.0. The van der Waals surface area contributed by atoms with E-state index in [4.69, 9.17) is 14.0 Å². The molecule has 0 amide bonds. The molecule has 3 rings (SSSR count). The Kier molecular flexibility index (Phi) is 4.90. The lowest BCUT2D eigenvalue weighted by Gasteiger charge is -2.07. The van der Waals surface area contributed by atoms with Gasteiger partial charge in [-0.3, -0.25) is 0 Å². The minimum absolute atomic E-state index is 0.000824. The Labute approximate surface area is 149 Å². The van der Waals surface area contributed by atoms with Crippen LogP contribution in [0.3, 0.4) is 0 Å². The molecule has 26 heavy (non-hydrogen) atoms. The summed E-state index contributed by atoms with van der Waals surface area (Å²) in [6.45, 7) is 0. The largest absolute Gasteiger partial charge is 0.493 e. The summed E-state index contributed by atoms with van der Waals surface area (Å²) in [4.78, 5) is 4.10. The lowest BCUT2D eigenvalue weighted by Crippen LogP contribution is -2.06. The maximum Gasteiger partial charge on any atom is 0.258 e. The smallest absolute Gasteiger partial charge is 0.258 e. The molecule has 136 valence electrons. The summed E-state index contributed by atoms with van der Waals surface area (Å²) in [7, 11) is -0.706. The van der Waals surface area contributed by atoms with Gasteiger partial charge in [-0.2, -0.15) is 4.98 Å². The number of benzene rings is 2. The van der Waals surface area contributed by atoms with Gasteiger partial charge in [-0.15, -0.1) is 0 Å². The van der Waals surface area contributed by atoms with Gasteiger partial charge in [0, 0.05) is 5.56 Å². The van der Waals surface area contributed by atoms with Crippen LogP contribution in [0.2, 0.25) is 0 Å².